The summed E-state index contributed by atoms with van der Waals surface area (Å²) in [4.78, 5) is 23.3. The second-order valence-electron chi connectivity index (χ2n) is 6.17. The highest BCUT2D eigenvalue weighted by atomic mass is 35.5. The van der Waals surface area contributed by atoms with E-state index in [0.29, 0.717) is 16.1 Å². The van der Waals surface area contributed by atoms with Crippen molar-refractivity contribution in [3.8, 4) is 0 Å². The lowest BCUT2D eigenvalue weighted by molar-refractivity contribution is 0.818. The molecule has 0 radical (unpaired) electrons. The summed E-state index contributed by atoms with van der Waals surface area (Å²) in [6.45, 7) is 5.92. The second-order valence-corrected chi connectivity index (χ2v) is 7.73. The average Bonchev–Trinajstić information content (AvgIpc) is 2.89. The number of hydrogen-bond donors (Lipinski definition) is 0. The number of aryl methyl sites for hydroxylation is 3. The molecule has 3 heterocycles. The Morgan fingerprint density at radius 1 is 1.23 bits per heavy atom. The quantitative estimate of drug-likeness (QED) is 0.379. The predicted molar refractivity (Wildman–Crippen MR) is 108 cm³/mol. The van der Waals surface area contributed by atoms with Crippen LogP contribution in [0.15, 0.2) is 40.5 Å². The van der Waals surface area contributed by atoms with Crippen molar-refractivity contribution in [1.82, 2.24) is 14.6 Å². The molecule has 0 unspecified atom stereocenters. The zero-order chi connectivity index (χ0) is 18.4. The lowest BCUT2D eigenvalue weighted by Gasteiger charge is -2.03. The van der Waals surface area contributed by atoms with Gasteiger partial charge in [-0.25, -0.2) is 9.97 Å². The first-order chi connectivity index (χ1) is 12.4. The second kappa shape index (κ2) is 6.30. The van der Waals surface area contributed by atoms with E-state index in [9.17, 15) is 4.79 Å². The summed E-state index contributed by atoms with van der Waals surface area (Å²) < 4.78 is 1.23. The minimum Gasteiger partial charge on any atom is -0.267 e. The molecule has 130 valence electrons. The first-order valence-electron chi connectivity index (χ1n) is 8.02. The van der Waals surface area contributed by atoms with E-state index in [1.807, 2.05) is 45.0 Å². The maximum Gasteiger partial charge on any atom is 0.282 e. The van der Waals surface area contributed by atoms with Gasteiger partial charge in [0.1, 0.15) is 16.3 Å². The minimum atomic E-state index is -0.186. The van der Waals surface area contributed by atoms with Crippen LogP contribution in [0.1, 0.15) is 21.6 Å². The molecule has 4 rings (SSSR count). The molecule has 0 bridgehead atoms. The Balaban J connectivity index is 1.80. The molecule has 7 heteroatoms. The first kappa shape index (κ1) is 16.9. The predicted octanol–water partition coefficient (Wildman–Crippen LogP) is 4.47. The Morgan fingerprint density at radius 3 is 2.85 bits per heavy atom. The van der Waals surface area contributed by atoms with Gasteiger partial charge in [-0.1, -0.05) is 23.7 Å². The number of nitrogens with zero attached hydrogens (tertiary/aromatic N) is 4. The number of fused-ring (bicyclic) bond motifs is 2. The van der Waals surface area contributed by atoms with E-state index in [-0.39, 0.29) is 5.56 Å². The molecule has 0 saturated carbocycles. The normalized spacial score (nSPS) is 11.8. The Morgan fingerprint density at radius 2 is 2.04 bits per heavy atom. The van der Waals surface area contributed by atoms with Gasteiger partial charge in [0.15, 0.2) is 0 Å². The van der Waals surface area contributed by atoms with Crippen LogP contribution in [0.4, 0.5) is 0 Å². The summed E-state index contributed by atoms with van der Waals surface area (Å²) in [5, 5.41) is 6.18. The van der Waals surface area contributed by atoms with Gasteiger partial charge in [-0.2, -0.15) is 9.78 Å². The van der Waals surface area contributed by atoms with Crippen LogP contribution in [0.25, 0.3) is 21.1 Å². The molecule has 4 aromatic rings. The van der Waals surface area contributed by atoms with Crippen LogP contribution in [-0.2, 0) is 0 Å². The molecule has 3 aromatic heterocycles. The number of hydrogen-bond acceptors (Lipinski definition) is 5. The molecule has 0 atom stereocenters. The monoisotopic (exact) mass is 382 g/mol. The van der Waals surface area contributed by atoms with Crippen LogP contribution in [0.5, 0.6) is 0 Å². The fourth-order valence-corrected chi connectivity index (χ4v) is 3.97. The Bertz CT molecular complexity index is 1260. The Kier molecular flexibility index (Phi) is 4.09. The Hall–Kier alpha value is -2.57. The first-order valence-corrected chi connectivity index (χ1v) is 9.22. The summed E-state index contributed by atoms with van der Waals surface area (Å²) >= 11 is 7.80. The van der Waals surface area contributed by atoms with Gasteiger partial charge in [0, 0.05) is 15.8 Å². The van der Waals surface area contributed by atoms with Crippen LogP contribution in [0, 0.1) is 20.8 Å². The van der Waals surface area contributed by atoms with Crippen molar-refractivity contribution in [2.45, 2.75) is 20.8 Å². The van der Waals surface area contributed by atoms with E-state index in [4.69, 9.17) is 11.6 Å². The van der Waals surface area contributed by atoms with Crippen molar-refractivity contribution in [2.75, 3.05) is 0 Å². The van der Waals surface area contributed by atoms with Crippen molar-refractivity contribution in [3.63, 3.8) is 0 Å². The maximum absolute atomic E-state index is 12.7. The van der Waals surface area contributed by atoms with Gasteiger partial charge in [0.2, 0.25) is 0 Å². The van der Waals surface area contributed by atoms with Crippen LogP contribution in [0.3, 0.4) is 0 Å². The van der Waals surface area contributed by atoms with Gasteiger partial charge in [-0.3, -0.25) is 4.79 Å². The highest BCUT2D eigenvalue weighted by molar-refractivity contribution is 7.18. The van der Waals surface area contributed by atoms with Crippen molar-refractivity contribution < 1.29 is 0 Å². The van der Waals surface area contributed by atoms with E-state index >= 15 is 0 Å². The molecule has 0 fully saturated rings. The van der Waals surface area contributed by atoms with Gasteiger partial charge in [0.25, 0.3) is 5.56 Å². The smallest absolute Gasteiger partial charge is 0.267 e. The number of rotatable bonds is 2. The topological polar surface area (TPSA) is 60.1 Å². The molecule has 0 spiro atoms. The largest absolute Gasteiger partial charge is 0.282 e. The highest BCUT2D eigenvalue weighted by Crippen LogP contribution is 2.25. The van der Waals surface area contributed by atoms with Gasteiger partial charge < -0.3 is 0 Å². The summed E-state index contributed by atoms with van der Waals surface area (Å²) in [6.07, 6.45) is 2.97. The van der Waals surface area contributed by atoms with Gasteiger partial charge >= 0.3 is 0 Å². The summed E-state index contributed by atoms with van der Waals surface area (Å²) in [7, 11) is 0. The third kappa shape index (κ3) is 2.81. The molecule has 26 heavy (non-hydrogen) atoms. The number of pyridine rings is 1. The molecule has 0 N–H and O–H groups in total. The van der Waals surface area contributed by atoms with Crippen molar-refractivity contribution in [1.29, 1.82) is 0 Å². The third-order valence-corrected chi connectivity index (χ3v) is 5.77. The summed E-state index contributed by atoms with van der Waals surface area (Å²) in [5.74, 6) is 0. The lowest BCUT2D eigenvalue weighted by Crippen LogP contribution is -2.17. The highest BCUT2D eigenvalue weighted by Gasteiger charge is 2.11. The minimum absolute atomic E-state index is 0.186. The fraction of sp³-hybridized carbons (Fsp3) is 0.158. The molecule has 0 aliphatic heterocycles. The van der Waals surface area contributed by atoms with Crippen LogP contribution < -0.4 is 5.56 Å². The molecule has 0 aliphatic carbocycles. The molecular weight excluding hydrogens is 368 g/mol. The standard InChI is InChI=1S/C19H15ClN4OS/c1-10-4-5-13-7-14(17(20)23-15(13)6-10)8-22-24-9-21-18-16(19(24)25)11(2)12(3)26-18/h4-9H,1-3H3/b22-8+. The van der Waals surface area contributed by atoms with Gasteiger partial charge in [-0.15, -0.1) is 11.3 Å². The zero-order valence-corrected chi connectivity index (χ0v) is 16.0. The van der Waals surface area contributed by atoms with Crippen molar-refractivity contribution in [3.05, 3.63) is 67.7 Å². The average molecular weight is 383 g/mol. The molecule has 0 aliphatic rings. The van der Waals surface area contributed by atoms with Gasteiger partial charge in [-0.05, 0) is 44.0 Å². The summed E-state index contributed by atoms with van der Waals surface area (Å²) in [6, 6.07) is 7.89. The molecule has 0 saturated heterocycles. The number of benzene rings is 1. The fourth-order valence-electron chi connectivity index (χ4n) is 2.79. The Labute approximate surface area is 158 Å². The molecule has 0 amide bonds. The molecule has 5 nitrogen and oxygen atoms in total. The van der Waals surface area contributed by atoms with E-state index < -0.39 is 0 Å². The van der Waals surface area contributed by atoms with E-state index in [2.05, 4.69) is 15.1 Å². The van der Waals surface area contributed by atoms with Gasteiger partial charge in [0.05, 0.1) is 17.1 Å². The van der Waals surface area contributed by atoms with Crippen LogP contribution in [0.2, 0.25) is 5.15 Å². The maximum atomic E-state index is 12.7. The van der Waals surface area contributed by atoms with Crippen LogP contribution >= 0.6 is 22.9 Å². The van der Waals surface area contributed by atoms with Crippen LogP contribution in [-0.4, -0.2) is 20.9 Å². The SMILES string of the molecule is Cc1ccc2cc(/C=N/n3cnc4sc(C)c(C)c4c3=O)c(Cl)nc2c1. The van der Waals surface area contributed by atoms with E-state index in [1.165, 1.54) is 28.6 Å². The molecule has 1 aromatic carbocycles. The van der Waals surface area contributed by atoms with Crippen molar-refractivity contribution >= 4 is 50.3 Å². The van der Waals surface area contributed by atoms with E-state index in [0.717, 1.165) is 31.7 Å². The number of halogens is 1. The van der Waals surface area contributed by atoms with Crippen molar-refractivity contribution in [2.24, 2.45) is 5.10 Å². The third-order valence-electron chi connectivity index (χ3n) is 4.35. The zero-order valence-electron chi connectivity index (χ0n) is 14.4. The number of aromatic nitrogens is 3. The lowest BCUT2D eigenvalue weighted by atomic mass is 10.1. The van der Waals surface area contributed by atoms with E-state index in [1.54, 1.807) is 0 Å². The molecular formula is C19H15ClN4OS. The summed E-state index contributed by atoms with van der Waals surface area (Å²) in [5.41, 5.74) is 3.36. The number of thiophene rings is 1.